The third kappa shape index (κ3) is 4.26. The van der Waals surface area contributed by atoms with Crippen molar-refractivity contribution in [3.8, 4) is 5.75 Å². The molecule has 2 aliphatic rings. The molecule has 1 unspecified atom stereocenters. The predicted molar refractivity (Wildman–Crippen MR) is 95.1 cm³/mol. The number of nitrogens with zero attached hydrogens (tertiary/aromatic N) is 2. The van der Waals surface area contributed by atoms with Gasteiger partial charge in [-0.3, -0.25) is 0 Å². The summed E-state index contributed by atoms with van der Waals surface area (Å²) in [7, 11) is 0. The number of nitrogens with one attached hydrogen (secondary N) is 1. The molecule has 3 rings (SSSR count). The van der Waals surface area contributed by atoms with Gasteiger partial charge in [-0.05, 0) is 0 Å². The number of hydrogen-bond donors (Lipinski definition) is 2. The van der Waals surface area contributed by atoms with Gasteiger partial charge in [0.15, 0.2) is 0 Å². The van der Waals surface area contributed by atoms with Gasteiger partial charge < -0.3 is 0 Å². The second-order valence-corrected chi connectivity index (χ2v) is 9.01. The van der Waals surface area contributed by atoms with E-state index in [1.165, 1.54) is 0 Å². The van der Waals surface area contributed by atoms with Crippen LogP contribution >= 0.6 is 43.6 Å². The van der Waals surface area contributed by atoms with Crippen LogP contribution in [0.5, 0.6) is 5.75 Å². The van der Waals surface area contributed by atoms with Gasteiger partial charge >= 0.3 is 163 Å². The predicted octanol–water partition coefficient (Wildman–Crippen LogP) is -1.20. The van der Waals surface area contributed by atoms with Crippen LogP contribution in [-0.4, -0.2) is 20.0 Å². The van der Waals surface area contributed by atoms with Crippen molar-refractivity contribution in [3.05, 3.63) is 56.0 Å². The van der Waals surface area contributed by atoms with Crippen LogP contribution in [0.2, 0.25) is 0 Å². The zero-order valence-electron chi connectivity index (χ0n) is 10.9. The number of hydroxylamine groups is 1. The molecule has 116 valence electrons. The molecule has 0 radical (unpaired) electrons. The van der Waals surface area contributed by atoms with Crippen LogP contribution < -0.4 is 29.6 Å². The van der Waals surface area contributed by atoms with E-state index in [1.807, 2.05) is 32.5 Å². The number of hydrogen-bond acceptors (Lipinski definition) is 5. The summed E-state index contributed by atoms with van der Waals surface area (Å²) >= 11 is 1.30. The summed E-state index contributed by atoms with van der Waals surface area (Å²) in [5.74, 6) is 1.85. The Morgan fingerprint density at radius 2 is 2.32 bits per heavy atom. The molecule has 0 aromatic carbocycles. The van der Waals surface area contributed by atoms with Crippen LogP contribution in [0.1, 0.15) is 0 Å². The Hall–Kier alpha value is -0.540. The number of halogens is 3. The molecule has 22 heavy (non-hydrogen) atoms. The first kappa shape index (κ1) is 16.3. The molecular formula is C13H10I3N3O3. The van der Waals surface area contributed by atoms with Crippen LogP contribution in [0.15, 0.2) is 55.5 Å². The number of quaternary nitrogens is 1. The van der Waals surface area contributed by atoms with E-state index in [1.54, 1.807) is 12.3 Å². The average molecular weight is 637 g/mol. The zero-order valence-corrected chi connectivity index (χ0v) is 17.4. The van der Waals surface area contributed by atoms with Gasteiger partial charge in [0, 0.05) is 0 Å². The Morgan fingerprint density at radius 1 is 1.41 bits per heavy atom. The second-order valence-electron chi connectivity index (χ2n) is 3.92. The van der Waals surface area contributed by atoms with Crippen molar-refractivity contribution >= 4 is 53.5 Å². The number of aliphatic hydroxyl groups is 1. The summed E-state index contributed by atoms with van der Waals surface area (Å²) in [6.45, 7) is 0. The SMILES string of the molecule is OC1=CC=IN=C1OC1=C[I-][NH+](Oc2cccnc2I)C=C1. The van der Waals surface area contributed by atoms with Crippen molar-refractivity contribution in [2.75, 3.05) is 0 Å². The van der Waals surface area contributed by atoms with E-state index in [0.29, 0.717) is 11.7 Å². The van der Waals surface area contributed by atoms with Gasteiger partial charge in [-0.15, -0.1) is 0 Å². The van der Waals surface area contributed by atoms with E-state index in [0.717, 1.165) is 12.7 Å². The van der Waals surface area contributed by atoms with Crippen molar-refractivity contribution in [2.45, 2.75) is 0 Å². The van der Waals surface area contributed by atoms with Gasteiger partial charge in [-0.2, -0.15) is 0 Å². The molecule has 0 fully saturated rings. The molecular weight excluding hydrogens is 627 g/mol. The first-order chi connectivity index (χ1) is 10.7. The number of pyridine rings is 1. The van der Waals surface area contributed by atoms with Crippen LogP contribution in [0.4, 0.5) is 0 Å². The first-order valence-electron chi connectivity index (χ1n) is 6.01. The van der Waals surface area contributed by atoms with Crippen molar-refractivity contribution in [3.63, 3.8) is 0 Å². The van der Waals surface area contributed by atoms with E-state index in [9.17, 15) is 5.11 Å². The third-order valence-electron chi connectivity index (χ3n) is 2.42. The molecule has 0 bridgehead atoms. The fourth-order valence-electron chi connectivity index (χ4n) is 1.45. The number of aliphatic hydroxyl groups excluding tert-OH is 1. The molecule has 1 atom stereocenters. The molecule has 6 nitrogen and oxygen atoms in total. The summed E-state index contributed by atoms with van der Waals surface area (Å²) in [4.78, 5) is 10.1. The molecule has 1 aromatic heterocycles. The van der Waals surface area contributed by atoms with Crippen LogP contribution in [0, 0.1) is 3.70 Å². The van der Waals surface area contributed by atoms with Gasteiger partial charge in [0.1, 0.15) is 0 Å². The number of allylic oxidation sites excluding steroid dienone is 2. The third-order valence-corrected chi connectivity index (χ3v) is 6.74. The summed E-state index contributed by atoms with van der Waals surface area (Å²) in [6, 6.07) is 3.75. The molecule has 3 heterocycles. The van der Waals surface area contributed by atoms with E-state index >= 15 is 0 Å². The Morgan fingerprint density at radius 3 is 3.05 bits per heavy atom. The molecule has 0 spiro atoms. The summed E-state index contributed by atoms with van der Waals surface area (Å²) < 4.78 is 15.5. The molecule has 2 N–H and O–H groups in total. The summed E-state index contributed by atoms with van der Waals surface area (Å²) in [5.41, 5.74) is 0. The van der Waals surface area contributed by atoms with Gasteiger partial charge in [0.05, 0.1) is 0 Å². The van der Waals surface area contributed by atoms with Crippen LogP contribution in [-0.2, 0) is 4.74 Å². The minimum atomic E-state index is -0.439. The standard InChI is InChI=1S/C13H10I3N3O3/c14-12-11(2-1-6-17-12)22-19-7-4-9(8-16-19)21-13-10(20)3-5-15-18-13/h1-8,19-20H. The van der Waals surface area contributed by atoms with E-state index < -0.39 is 42.5 Å². The number of ether oxygens (including phenoxy) is 1. The normalized spacial score (nSPS) is 20.8. The number of rotatable bonds is 3. The quantitative estimate of drug-likeness (QED) is 0.249. The maximum absolute atomic E-state index is 9.69. The van der Waals surface area contributed by atoms with Gasteiger partial charge in [-0.1, -0.05) is 0 Å². The zero-order chi connectivity index (χ0) is 15.4. The van der Waals surface area contributed by atoms with E-state index in [-0.39, 0.29) is 5.76 Å². The summed E-state index contributed by atoms with van der Waals surface area (Å²) in [5, 5.41) is 9.69. The van der Waals surface area contributed by atoms with Gasteiger partial charge in [0.25, 0.3) is 0 Å². The minimum absolute atomic E-state index is 0.0781. The summed E-state index contributed by atoms with van der Waals surface area (Å²) in [6.07, 6.45) is 7.11. The van der Waals surface area contributed by atoms with Crippen LogP contribution in [0.3, 0.4) is 0 Å². The molecule has 0 aliphatic carbocycles. The van der Waals surface area contributed by atoms with Crippen molar-refractivity contribution in [1.82, 2.24) is 4.98 Å². The molecule has 2 aliphatic heterocycles. The van der Waals surface area contributed by atoms with Crippen molar-refractivity contribution in [1.29, 1.82) is 0 Å². The van der Waals surface area contributed by atoms with E-state index in [4.69, 9.17) is 9.57 Å². The Kier molecular flexibility index (Phi) is 5.81. The van der Waals surface area contributed by atoms with Crippen molar-refractivity contribution in [2.24, 2.45) is 3.21 Å². The maximum atomic E-state index is 9.69. The van der Waals surface area contributed by atoms with Gasteiger partial charge in [-0.25, -0.2) is 0 Å². The molecule has 0 saturated heterocycles. The Labute approximate surface area is 161 Å². The molecule has 1 aromatic rings. The fourth-order valence-corrected chi connectivity index (χ4v) is 4.86. The Bertz CT molecular complexity index is 728. The van der Waals surface area contributed by atoms with Crippen molar-refractivity contribution < 1.29 is 39.4 Å². The molecule has 9 heteroatoms. The second kappa shape index (κ2) is 7.83. The van der Waals surface area contributed by atoms with Gasteiger partial charge in [0.2, 0.25) is 0 Å². The Balaban J connectivity index is 1.60. The molecule has 0 amide bonds. The average Bonchev–Trinajstić information content (AvgIpc) is 2.54. The topological polar surface area (TPSA) is 68.4 Å². The van der Waals surface area contributed by atoms with E-state index in [2.05, 4.69) is 30.8 Å². The fraction of sp³-hybridized carbons (Fsp3) is 0. The number of aromatic nitrogens is 1. The van der Waals surface area contributed by atoms with Crippen LogP contribution in [0.25, 0.3) is 0 Å². The first-order valence-corrected chi connectivity index (χ1v) is 11.6. The monoisotopic (exact) mass is 637 g/mol. The molecule has 0 saturated carbocycles.